The molecule has 1 amide bonds. The molecule has 0 aliphatic carbocycles. The summed E-state index contributed by atoms with van der Waals surface area (Å²) in [6.45, 7) is 3.42. The van der Waals surface area contributed by atoms with Gasteiger partial charge in [0, 0.05) is 11.1 Å². The predicted molar refractivity (Wildman–Crippen MR) is 92.4 cm³/mol. The number of alkyl halides is 1. The number of Topliss-reactive ketones (excluding diaryl/α,β-unsaturated/α-hetero) is 1. The van der Waals surface area contributed by atoms with Gasteiger partial charge in [0.05, 0.1) is 28.3 Å². The zero-order valence-electron chi connectivity index (χ0n) is 13.2. The highest BCUT2D eigenvalue weighted by Gasteiger charge is 2.32. The number of carbonyl (C=O) groups excluding carboxylic acids is 2. The lowest BCUT2D eigenvalue weighted by molar-refractivity contribution is -0.122. The van der Waals surface area contributed by atoms with Gasteiger partial charge in [0.2, 0.25) is 0 Å². The summed E-state index contributed by atoms with van der Waals surface area (Å²) in [5.41, 5.74) is 5.75. The summed E-state index contributed by atoms with van der Waals surface area (Å²) in [4.78, 5) is 29.0. The zero-order valence-corrected chi connectivity index (χ0v) is 14.7. The number of hydrogen-bond donors (Lipinski definition) is 2. The molecule has 1 aromatic carbocycles. The minimum absolute atomic E-state index is 0.182. The fourth-order valence-corrected chi connectivity index (χ4v) is 2.33. The van der Waals surface area contributed by atoms with Crippen LogP contribution in [0.2, 0.25) is 5.02 Å². The fourth-order valence-electron chi connectivity index (χ4n) is 1.81. The Kier molecular flexibility index (Phi) is 6.84. The number of hydrogen-bond acceptors (Lipinski definition) is 5. The number of nitrogens with two attached hydrogens (primary N) is 1. The average Bonchev–Trinajstić information content (AvgIpc) is 2.54. The number of nitrogens with zero attached hydrogens (tertiary/aromatic N) is 1. The largest absolute Gasteiger partial charge is 0.399 e. The van der Waals surface area contributed by atoms with Crippen molar-refractivity contribution in [2.24, 2.45) is 5.16 Å². The summed E-state index contributed by atoms with van der Waals surface area (Å²) in [7, 11) is 1.38. The van der Waals surface area contributed by atoms with Crippen molar-refractivity contribution in [2.45, 2.75) is 25.8 Å². The molecule has 8 heteroatoms. The standard InChI is InChI=1S/C15H19Cl2N3O3/c1-4-15(2,12(21)7-16)20-14(22)9-5-10(8-19-23-3)13(18)11(17)6-9/h5-6,8H,4,7,18H2,1-3H3,(H,20,22). The lowest BCUT2D eigenvalue weighted by Crippen LogP contribution is -2.52. The van der Waals surface area contributed by atoms with Crippen LogP contribution in [0.5, 0.6) is 0 Å². The molecular weight excluding hydrogens is 341 g/mol. The molecule has 3 N–H and O–H groups in total. The third kappa shape index (κ3) is 4.59. The Hall–Kier alpha value is -1.79. The first-order valence-electron chi connectivity index (χ1n) is 6.86. The highest BCUT2D eigenvalue weighted by atomic mass is 35.5. The van der Waals surface area contributed by atoms with Crippen LogP contribution in [0.25, 0.3) is 0 Å². The van der Waals surface area contributed by atoms with E-state index in [1.807, 2.05) is 0 Å². The van der Waals surface area contributed by atoms with E-state index in [1.165, 1.54) is 25.5 Å². The number of oxime groups is 1. The van der Waals surface area contributed by atoms with E-state index in [1.54, 1.807) is 13.8 Å². The van der Waals surface area contributed by atoms with Gasteiger partial charge in [-0.25, -0.2) is 0 Å². The molecule has 0 aliphatic rings. The summed E-state index contributed by atoms with van der Waals surface area (Å²) in [5, 5.41) is 6.51. The van der Waals surface area contributed by atoms with Gasteiger partial charge in [-0.15, -0.1) is 11.6 Å². The molecule has 0 saturated carbocycles. The number of rotatable bonds is 7. The Labute approximate surface area is 144 Å². The Balaban J connectivity index is 3.15. The topological polar surface area (TPSA) is 93.8 Å². The third-order valence-electron chi connectivity index (χ3n) is 3.55. The summed E-state index contributed by atoms with van der Waals surface area (Å²) < 4.78 is 0. The van der Waals surface area contributed by atoms with Gasteiger partial charge in [-0.05, 0) is 25.5 Å². The number of halogens is 2. The molecule has 23 heavy (non-hydrogen) atoms. The maximum Gasteiger partial charge on any atom is 0.252 e. The molecule has 0 aromatic heterocycles. The van der Waals surface area contributed by atoms with Gasteiger partial charge in [0.15, 0.2) is 5.78 Å². The number of carbonyl (C=O) groups is 2. The van der Waals surface area contributed by atoms with Gasteiger partial charge in [0.25, 0.3) is 5.91 Å². The number of ketones is 1. The first kappa shape index (κ1) is 19.3. The second-order valence-electron chi connectivity index (χ2n) is 5.07. The van der Waals surface area contributed by atoms with Crippen molar-refractivity contribution in [3.63, 3.8) is 0 Å². The molecule has 1 unspecified atom stereocenters. The maximum atomic E-state index is 12.4. The highest BCUT2D eigenvalue weighted by molar-refractivity contribution is 6.34. The van der Waals surface area contributed by atoms with Gasteiger partial charge >= 0.3 is 0 Å². The molecule has 1 atom stereocenters. The van der Waals surface area contributed by atoms with E-state index in [2.05, 4.69) is 15.3 Å². The summed E-state index contributed by atoms with van der Waals surface area (Å²) in [6, 6.07) is 2.94. The minimum Gasteiger partial charge on any atom is -0.399 e. The molecule has 1 aromatic rings. The number of amides is 1. The van der Waals surface area contributed by atoms with Gasteiger partial charge in [-0.3, -0.25) is 9.59 Å². The Morgan fingerprint density at radius 2 is 2.13 bits per heavy atom. The molecule has 0 spiro atoms. The number of nitrogen functional groups attached to an aromatic ring is 1. The summed E-state index contributed by atoms with van der Waals surface area (Å²) in [6.07, 6.45) is 1.76. The van der Waals surface area contributed by atoms with E-state index >= 15 is 0 Å². The van der Waals surface area contributed by atoms with Crippen LogP contribution < -0.4 is 11.1 Å². The first-order chi connectivity index (χ1) is 10.8. The molecule has 0 saturated heterocycles. The Morgan fingerprint density at radius 1 is 1.48 bits per heavy atom. The van der Waals surface area contributed by atoms with E-state index in [9.17, 15) is 9.59 Å². The predicted octanol–water partition coefficient (Wildman–Crippen LogP) is 2.61. The van der Waals surface area contributed by atoms with Crippen molar-refractivity contribution in [1.29, 1.82) is 0 Å². The summed E-state index contributed by atoms with van der Waals surface area (Å²) in [5.74, 6) is -0.904. The lowest BCUT2D eigenvalue weighted by atomic mass is 9.93. The van der Waals surface area contributed by atoms with E-state index in [0.717, 1.165) is 0 Å². The molecular formula is C15H19Cl2N3O3. The quantitative estimate of drug-likeness (QED) is 0.338. The van der Waals surface area contributed by atoms with Crippen molar-refractivity contribution in [1.82, 2.24) is 5.32 Å². The van der Waals surface area contributed by atoms with Crippen molar-refractivity contribution in [3.8, 4) is 0 Å². The maximum absolute atomic E-state index is 12.4. The van der Waals surface area contributed by atoms with Crippen molar-refractivity contribution >= 4 is 46.8 Å². The van der Waals surface area contributed by atoms with Crippen molar-refractivity contribution in [2.75, 3.05) is 18.7 Å². The molecule has 0 bridgehead atoms. The molecule has 0 aliphatic heterocycles. The minimum atomic E-state index is -1.05. The molecule has 6 nitrogen and oxygen atoms in total. The van der Waals surface area contributed by atoms with Crippen molar-refractivity contribution in [3.05, 3.63) is 28.3 Å². The van der Waals surface area contributed by atoms with Crippen LogP contribution in [0.1, 0.15) is 36.2 Å². The van der Waals surface area contributed by atoms with Crippen LogP contribution in [0, 0.1) is 0 Å². The van der Waals surface area contributed by atoms with Gasteiger partial charge in [0.1, 0.15) is 7.11 Å². The van der Waals surface area contributed by atoms with Crippen molar-refractivity contribution < 1.29 is 14.4 Å². The third-order valence-corrected chi connectivity index (χ3v) is 4.11. The molecule has 126 valence electrons. The van der Waals surface area contributed by atoms with E-state index < -0.39 is 11.4 Å². The van der Waals surface area contributed by atoms with Crippen LogP contribution in [-0.4, -0.2) is 36.4 Å². The van der Waals surface area contributed by atoms with E-state index in [4.69, 9.17) is 28.9 Å². The van der Waals surface area contributed by atoms with E-state index in [0.29, 0.717) is 12.0 Å². The van der Waals surface area contributed by atoms with Gasteiger partial charge in [-0.1, -0.05) is 23.7 Å². The van der Waals surface area contributed by atoms with Crippen LogP contribution in [0.15, 0.2) is 17.3 Å². The monoisotopic (exact) mass is 359 g/mol. The smallest absolute Gasteiger partial charge is 0.252 e. The Morgan fingerprint density at radius 3 is 2.65 bits per heavy atom. The lowest BCUT2D eigenvalue weighted by Gasteiger charge is -2.27. The van der Waals surface area contributed by atoms with Crippen LogP contribution in [0.4, 0.5) is 5.69 Å². The first-order valence-corrected chi connectivity index (χ1v) is 7.77. The molecule has 0 heterocycles. The van der Waals surface area contributed by atoms with Gasteiger partial charge < -0.3 is 15.9 Å². The second-order valence-corrected chi connectivity index (χ2v) is 5.75. The van der Waals surface area contributed by atoms with Gasteiger partial charge in [-0.2, -0.15) is 0 Å². The Bertz CT molecular complexity index is 635. The van der Waals surface area contributed by atoms with Crippen LogP contribution >= 0.6 is 23.2 Å². The normalized spacial score (nSPS) is 13.6. The van der Waals surface area contributed by atoms with Crippen LogP contribution in [-0.2, 0) is 9.63 Å². The van der Waals surface area contributed by atoms with Crippen LogP contribution in [0.3, 0.4) is 0 Å². The molecule has 0 radical (unpaired) electrons. The number of anilines is 1. The number of nitrogens with one attached hydrogen (secondary N) is 1. The van der Waals surface area contributed by atoms with E-state index in [-0.39, 0.29) is 27.9 Å². The SMILES string of the molecule is CCC(C)(NC(=O)c1cc(Cl)c(N)c(C=NOC)c1)C(=O)CCl. The number of benzene rings is 1. The zero-order chi connectivity index (χ0) is 17.6. The second kappa shape index (κ2) is 8.17. The molecule has 1 rings (SSSR count). The highest BCUT2D eigenvalue weighted by Crippen LogP contribution is 2.24. The average molecular weight is 360 g/mol. The summed E-state index contributed by atoms with van der Waals surface area (Å²) >= 11 is 11.6. The fraction of sp³-hybridized carbons (Fsp3) is 0.400. The molecule has 0 fully saturated rings.